The summed E-state index contributed by atoms with van der Waals surface area (Å²) in [4.78, 5) is 14.3. The molecule has 3 rings (SSSR count). The zero-order valence-electron chi connectivity index (χ0n) is 14.8. The molecule has 0 bridgehead atoms. The lowest BCUT2D eigenvalue weighted by Crippen LogP contribution is -2.43. The minimum atomic E-state index is -3.12. The van der Waals surface area contributed by atoms with E-state index in [2.05, 4.69) is 15.9 Å². The SMILES string of the molecule is COc1ccc(OCC(=O)N(Cc2ccc(Br)o2)[C@H]2CCS(=O)(=O)C2)cc1. The second-order valence-electron chi connectivity index (χ2n) is 6.25. The smallest absolute Gasteiger partial charge is 0.261 e. The Morgan fingerprint density at radius 3 is 2.48 bits per heavy atom. The summed E-state index contributed by atoms with van der Waals surface area (Å²) in [6.07, 6.45) is 0.415. The van der Waals surface area contributed by atoms with E-state index in [1.165, 1.54) is 4.90 Å². The van der Waals surface area contributed by atoms with Crippen molar-refractivity contribution in [2.75, 3.05) is 25.2 Å². The molecule has 1 fully saturated rings. The van der Waals surface area contributed by atoms with Gasteiger partial charge in [0, 0.05) is 6.04 Å². The van der Waals surface area contributed by atoms with Gasteiger partial charge in [0.15, 0.2) is 21.1 Å². The molecule has 0 spiro atoms. The Bertz CT molecular complexity index is 893. The van der Waals surface area contributed by atoms with Crippen molar-refractivity contribution in [1.29, 1.82) is 0 Å². The molecule has 0 saturated carbocycles. The number of carbonyl (C=O) groups is 1. The number of carbonyl (C=O) groups excluding carboxylic acids is 1. The van der Waals surface area contributed by atoms with Crippen LogP contribution in [0.5, 0.6) is 11.5 Å². The van der Waals surface area contributed by atoms with E-state index in [1.54, 1.807) is 43.5 Å². The molecular formula is C18H20BrNO6S. The molecule has 27 heavy (non-hydrogen) atoms. The third kappa shape index (κ3) is 5.26. The van der Waals surface area contributed by atoms with Crippen LogP contribution in [0.2, 0.25) is 0 Å². The maximum atomic E-state index is 12.8. The van der Waals surface area contributed by atoms with Crippen LogP contribution in [-0.2, 0) is 21.2 Å². The second kappa shape index (κ2) is 8.35. The van der Waals surface area contributed by atoms with Crippen molar-refractivity contribution in [2.24, 2.45) is 0 Å². The second-order valence-corrected chi connectivity index (χ2v) is 9.26. The number of methoxy groups -OCH3 is 1. The molecule has 0 unspecified atom stereocenters. The molecule has 0 radical (unpaired) electrons. The fourth-order valence-electron chi connectivity index (χ4n) is 2.95. The lowest BCUT2D eigenvalue weighted by molar-refractivity contribution is -0.136. The van der Waals surface area contributed by atoms with Gasteiger partial charge in [-0.3, -0.25) is 4.79 Å². The number of ether oxygens (including phenoxy) is 2. The Morgan fingerprint density at radius 1 is 1.22 bits per heavy atom. The van der Waals surface area contributed by atoms with Crippen LogP contribution in [0.1, 0.15) is 12.2 Å². The Hall–Kier alpha value is -2.00. The van der Waals surface area contributed by atoms with E-state index in [9.17, 15) is 13.2 Å². The normalized spacial score (nSPS) is 18.2. The maximum absolute atomic E-state index is 12.8. The molecular weight excluding hydrogens is 438 g/mol. The van der Waals surface area contributed by atoms with E-state index in [-0.39, 0.29) is 36.6 Å². The number of amides is 1. The van der Waals surface area contributed by atoms with Crippen molar-refractivity contribution in [2.45, 2.75) is 19.0 Å². The van der Waals surface area contributed by atoms with Gasteiger partial charge in [-0.1, -0.05) is 0 Å². The third-order valence-electron chi connectivity index (χ3n) is 4.35. The van der Waals surface area contributed by atoms with E-state index < -0.39 is 9.84 Å². The molecule has 1 aromatic carbocycles. The average molecular weight is 458 g/mol. The van der Waals surface area contributed by atoms with Crippen molar-refractivity contribution in [1.82, 2.24) is 4.90 Å². The average Bonchev–Trinajstić information content (AvgIpc) is 3.22. The predicted molar refractivity (Wildman–Crippen MR) is 103 cm³/mol. The fourth-order valence-corrected chi connectivity index (χ4v) is 5.02. The van der Waals surface area contributed by atoms with Crippen LogP contribution in [0.4, 0.5) is 0 Å². The minimum Gasteiger partial charge on any atom is -0.497 e. The number of hydrogen-bond acceptors (Lipinski definition) is 6. The van der Waals surface area contributed by atoms with Crippen LogP contribution in [0.15, 0.2) is 45.5 Å². The number of furan rings is 1. The molecule has 1 aliphatic rings. The van der Waals surface area contributed by atoms with Crippen molar-refractivity contribution in [3.05, 3.63) is 46.8 Å². The summed E-state index contributed by atoms with van der Waals surface area (Å²) in [5.41, 5.74) is 0. The van der Waals surface area contributed by atoms with Crippen LogP contribution in [0, 0.1) is 0 Å². The molecule has 2 aromatic rings. The number of benzene rings is 1. The molecule has 1 aromatic heterocycles. The number of halogens is 1. The van der Waals surface area contributed by atoms with Gasteiger partial charge in [0.1, 0.15) is 17.3 Å². The summed E-state index contributed by atoms with van der Waals surface area (Å²) in [6.45, 7) is 0.00134. The van der Waals surface area contributed by atoms with E-state index in [4.69, 9.17) is 13.9 Å². The lowest BCUT2D eigenvalue weighted by atomic mass is 10.2. The minimum absolute atomic E-state index is 0.0385. The summed E-state index contributed by atoms with van der Waals surface area (Å²) in [6, 6.07) is 9.99. The summed E-state index contributed by atoms with van der Waals surface area (Å²) in [5.74, 6) is 1.55. The van der Waals surface area contributed by atoms with Crippen LogP contribution < -0.4 is 9.47 Å². The largest absolute Gasteiger partial charge is 0.497 e. The molecule has 0 aliphatic carbocycles. The highest BCUT2D eigenvalue weighted by Crippen LogP contribution is 2.23. The molecule has 0 N–H and O–H groups in total. The van der Waals surface area contributed by atoms with Gasteiger partial charge in [0.05, 0.1) is 25.2 Å². The Kier molecular flexibility index (Phi) is 6.11. The Morgan fingerprint density at radius 2 is 1.93 bits per heavy atom. The zero-order valence-corrected chi connectivity index (χ0v) is 17.2. The highest BCUT2D eigenvalue weighted by atomic mass is 79.9. The quantitative estimate of drug-likeness (QED) is 0.634. The lowest BCUT2D eigenvalue weighted by Gasteiger charge is -2.27. The summed E-state index contributed by atoms with van der Waals surface area (Å²) < 4.78 is 40.4. The maximum Gasteiger partial charge on any atom is 0.261 e. The predicted octanol–water partition coefficient (Wildman–Crippen LogP) is 2.65. The van der Waals surface area contributed by atoms with Crippen LogP contribution >= 0.6 is 15.9 Å². The van der Waals surface area contributed by atoms with Gasteiger partial charge in [-0.15, -0.1) is 0 Å². The van der Waals surface area contributed by atoms with E-state index >= 15 is 0 Å². The van der Waals surface area contributed by atoms with Gasteiger partial charge in [-0.25, -0.2) is 8.42 Å². The molecule has 1 aliphatic heterocycles. The van der Waals surface area contributed by atoms with Crippen LogP contribution in [0.25, 0.3) is 0 Å². The van der Waals surface area contributed by atoms with Gasteiger partial charge < -0.3 is 18.8 Å². The van der Waals surface area contributed by atoms with E-state index in [1.807, 2.05) is 0 Å². The van der Waals surface area contributed by atoms with Crippen LogP contribution in [0.3, 0.4) is 0 Å². The van der Waals surface area contributed by atoms with Gasteiger partial charge >= 0.3 is 0 Å². The molecule has 7 nitrogen and oxygen atoms in total. The number of rotatable bonds is 7. The van der Waals surface area contributed by atoms with Gasteiger partial charge in [0.25, 0.3) is 5.91 Å². The molecule has 1 saturated heterocycles. The Labute approximate surface area is 166 Å². The van der Waals surface area contributed by atoms with Crippen molar-refractivity contribution in [3.8, 4) is 11.5 Å². The third-order valence-corrected chi connectivity index (χ3v) is 6.52. The highest BCUT2D eigenvalue weighted by molar-refractivity contribution is 9.10. The Balaban J connectivity index is 1.69. The topological polar surface area (TPSA) is 86.1 Å². The standard InChI is InChI=1S/C18H20BrNO6S/c1-24-14-2-4-15(5-3-14)25-11-18(21)20(10-16-6-7-17(19)26-16)13-8-9-27(22,23)12-13/h2-7,13H,8-12H2,1H3/t13-/m0/s1. The first-order chi connectivity index (χ1) is 12.9. The zero-order chi connectivity index (χ0) is 19.4. The monoisotopic (exact) mass is 457 g/mol. The van der Waals surface area contributed by atoms with Gasteiger partial charge in [-0.2, -0.15) is 0 Å². The summed E-state index contributed by atoms with van der Waals surface area (Å²) in [7, 11) is -1.55. The van der Waals surface area contributed by atoms with Crippen molar-refractivity contribution < 1.29 is 27.1 Å². The van der Waals surface area contributed by atoms with Crippen LogP contribution in [-0.4, -0.2) is 50.5 Å². The summed E-state index contributed by atoms with van der Waals surface area (Å²) in [5, 5.41) is 0. The first-order valence-electron chi connectivity index (χ1n) is 8.37. The number of nitrogens with zero attached hydrogens (tertiary/aromatic N) is 1. The molecule has 1 amide bonds. The highest BCUT2D eigenvalue weighted by Gasteiger charge is 2.35. The van der Waals surface area contributed by atoms with Gasteiger partial charge in [0.2, 0.25) is 0 Å². The van der Waals surface area contributed by atoms with Crippen molar-refractivity contribution in [3.63, 3.8) is 0 Å². The summed E-state index contributed by atoms with van der Waals surface area (Å²) >= 11 is 3.23. The molecule has 2 heterocycles. The first kappa shape index (κ1) is 19.8. The molecule has 146 valence electrons. The molecule has 9 heteroatoms. The van der Waals surface area contributed by atoms with Crippen molar-refractivity contribution >= 4 is 31.7 Å². The number of hydrogen-bond donors (Lipinski definition) is 0. The number of sulfone groups is 1. The first-order valence-corrected chi connectivity index (χ1v) is 11.0. The van der Waals surface area contributed by atoms with E-state index in [0.717, 1.165) is 0 Å². The fraction of sp³-hybridized carbons (Fsp3) is 0.389. The van der Waals surface area contributed by atoms with Gasteiger partial charge in [-0.05, 0) is 58.7 Å². The molecule has 1 atom stereocenters. The van der Waals surface area contributed by atoms with E-state index in [0.29, 0.717) is 28.3 Å².